The summed E-state index contributed by atoms with van der Waals surface area (Å²) in [5.41, 5.74) is 1.44. The topological polar surface area (TPSA) is 77.8 Å². The fourth-order valence-electron chi connectivity index (χ4n) is 1.25. The van der Waals surface area contributed by atoms with Crippen LogP contribution in [0.5, 0.6) is 0 Å². The molecule has 0 aliphatic heterocycles. The minimum absolute atomic E-state index is 0.0699. The lowest BCUT2D eigenvalue weighted by atomic mass is 10.1. The molecule has 5 nitrogen and oxygen atoms in total. The van der Waals surface area contributed by atoms with Gasteiger partial charge in [0.15, 0.2) is 0 Å². The Balaban J connectivity index is 2.58. The minimum Gasteiger partial charge on any atom is -0.367 e. The standard InChI is InChI=1S/C11H14N4O/c1-8-3-4-14-11(10(8)7-12)15-6-5-13-9(2)16/h3-4H,5-6H2,1-2H3,(H,13,16)(H,14,15). The first kappa shape index (κ1) is 12.0. The summed E-state index contributed by atoms with van der Waals surface area (Å²) in [6, 6.07) is 3.89. The van der Waals surface area contributed by atoms with Crippen molar-refractivity contribution in [1.29, 1.82) is 5.26 Å². The van der Waals surface area contributed by atoms with E-state index in [1.807, 2.05) is 6.92 Å². The summed E-state index contributed by atoms with van der Waals surface area (Å²) in [5, 5.41) is 14.6. The molecule has 0 atom stereocenters. The van der Waals surface area contributed by atoms with E-state index >= 15 is 0 Å². The van der Waals surface area contributed by atoms with E-state index in [-0.39, 0.29) is 5.91 Å². The maximum absolute atomic E-state index is 10.6. The van der Waals surface area contributed by atoms with Crippen LogP contribution in [0, 0.1) is 18.3 Å². The molecule has 5 heteroatoms. The Hall–Kier alpha value is -2.09. The van der Waals surface area contributed by atoms with Gasteiger partial charge >= 0.3 is 0 Å². The van der Waals surface area contributed by atoms with Crippen molar-refractivity contribution in [2.45, 2.75) is 13.8 Å². The molecule has 0 radical (unpaired) electrons. The minimum atomic E-state index is -0.0699. The number of hydrogen-bond acceptors (Lipinski definition) is 4. The van der Waals surface area contributed by atoms with E-state index in [0.29, 0.717) is 24.5 Å². The highest BCUT2D eigenvalue weighted by molar-refractivity contribution is 5.72. The van der Waals surface area contributed by atoms with Crippen LogP contribution in [0.2, 0.25) is 0 Å². The van der Waals surface area contributed by atoms with Crippen molar-refractivity contribution in [1.82, 2.24) is 10.3 Å². The number of amides is 1. The smallest absolute Gasteiger partial charge is 0.216 e. The summed E-state index contributed by atoms with van der Waals surface area (Å²) in [6.45, 7) is 4.38. The van der Waals surface area contributed by atoms with Crippen molar-refractivity contribution in [3.05, 3.63) is 23.4 Å². The highest BCUT2D eigenvalue weighted by Gasteiger charge is 2.05. The molecule has 1 aromatic rings. The van der Waals surface area contributed by atoms with Gasteiger partial charge in [-0.2, -0.15) is 5.26 Å². The average Bonchev–Trinajstić information content (AvgIpc) is 2.24. The second-order valence-corrected chi connectivity index (χ2v) is 3.37. The predicted molar refractivity (Wildman–Crippen MR) is 60.9 cm³/mol. The number of pyridine rings is 1. The number of anilines is 1. The number of rotatable bonds is 4. The normalized spacial score (nSPS) is 9.31. The van der Waals surface area contributed by atoms with Crippen molar-refractivity contribution in [2.24, 2.45) is 0 Å². The fourth-order valence-corrected chi connectivity index (χ4v) is 1.25. The number of nitrogens with zero attached hydrogens (tertiary/aromatic N) is 2. The quantitative estimate of drug-likeness (QED) is 0.733. The highest BCUT2D eigenvalue weighted by atomic mass is 16.1. The molecule has 2 N–H and O–H groups in total. The second-order valence-electron chi connectivity index (χ2n) is 3.37. The van der Waals surface area contributed by atoms with E-state index in [1.165, 1.54) is 6.92 Å². The molecule has 16 heavy (non-hydrogen) atoms. The third-order valence-electron chi connectivity index (χ3n) is 2.06. The van der Waals surface area contributed by atoms with Crippen LogP contribution in [0.15, 0.2) is 12.3 Å². The number of aromatic nitrogens is 1. The molecule has 1 heterocycles. The van der Waals surface area contributed by atoms with Gasteiger partial charge in [0.25, 0.3) is 0 Å². The molecule has 1 amide bonds. The Morgan fingerprint density at radius 3 is 2.94 bits per heavy atom. The van der Waals surface area contributed by atoms with Crippen molar-refractivity contribution in [3.8, 4) is 6.07 Å². The van der Waals surface area contributed by atoms with Gasteiger partial charge in [-0.1, -0.05) is 0 Å². The molecular weight excluding hydrogens is 204 g/mol. The number of aryl methyl sites for hydroxylation is 1. The number of nitriles is 1. The molecule has 0 aliphatic rings. The van der Waals surface area contributed by atoms with Crippen LogP contribution < -0.4 is 10.6 Å². The Labute approximate surface area is 94.5 Å². The summed E-state index contributed by atoms with van der Waals surface area (Å²) in [5.74, 6) is 0.493. The summed E-state index contributed by atoms with van der Waals surface area (Å²) in [7, 11) is 0. The monoisotopic (exact) mass is 218 g/mol. The maximum Gasteiger partial charge on any atom is 0.216 e. The zero-order valence-electron chi connectivity index (χ0n) is 9.37. The van der Waals surface area contributed by atoms with Crippen LogP contribution in [-0.2, 0) is 4.79 Å². The zero-order chi connectivity index (χ0) is 12.0. The van der Waals surface area contributed by atoms with E-state index in [2.05, 4.69) is 21.7 Å². The number of carbonyl (C=O) groups is 1. The maximum atomic E-state index is 10.6. The lowest BCUT2D eigenvalue weighted by Crippen LogP contribution is -2.26. The molecule has 0 bridgehead atoms. The van der Waals surface area contributed by atoms with Crippen LogP contribution >= 0.6 is 0 Å². The third-order valence-corrected chi connectivity index (χ3v) is 2.06. The van der Waals surface area contributed by atoms with E-state index in [4.69, 9.17) is 5.26 Å². The Morgan fingerprint density at radius 1 is 1.56 bits per heavy atom. The number of nitrogens with one attached hydrogen (secondary N) is 2. The summed E-state index contributed by atoms with van der Waals surface area (Å²) in [6.07, 6.45) is 1.65. The van der Waals surface area contributed by atoms with Crippen LogP contribution in [0.25, 0.3) is 0 Å². The first-order valence-electron chi connectivity index (χ1n) is 4.99. The van der Waals surface area contributed by atoms with Gasteiger partial charge in [0, 0.05) is 26.2 Å². The van der Waals surface area contributed by atoms with E-state index in [1.54, 1.807) is 12.3 Å². The van der Waals surface area contributed by atoms with E-state index < -0.39 is 0 Å². The highest BCUT2D eigenvalue weighted by Crippen LogP contribution is 2.14. The van der Waals surface area contributed by atoms with Gasteiger partial charge in [0.1, 0.15) is 11.9 Å². The largest absolute Gasteiger partial charge is 0.367 e. The van der Waals surface area contributed by atoms with Crippen LogP contribution in [0.4, 0.5) is 5.82 Å². The first-order chi connectivity index (χ1) is 7.65. The first-order valence-corrected chi connectivity index (χ1v) is 4.99. The molecular formula is C11H14N4O. The van der Waals surface area contributed by atoms with Gasteiger partial charge in [-0.15, -0.1) is 0 Å². The molecule has 0 aliphatic carbocycles. The van der Waals surface area contributed by atoms with Gasteiger partial charge in [-0.3, -0.25) is 4.79 Å². The molecule has 84 valence electrons. The number of hydrogen-bond donors (Lipinski definition) is 2. The lowest BCUT2D eigenvalue weighted by Gasteiger charge is -2.08. The van der Waals surface area contributed by atoms with Gasteiger partial charge in [-0.25, -0.2) is 4.98 Å². The van der Waals surface area contributed by atoms with Crippen molar-refractivity contribution < 1.29 is 4.79 Å². The van der Waals surface area contributed by atoms with Crippen molar-refractivity contribution in [3.63, 3.8) is 0 Å². The zero-order valence-corrected chi connectivity index (χ0v) is 9.37. The summed E-state index contributed by atoms with van der Waals surface area (Å²) >= 11 is 0. The van der Waals surface area contributed by atoms with Crippen LogP contribution in [0.3, 0.4) is 0 Å². The Morgan fingerprint density at radius 2 is 2.31 bits per heavy atom. The molecule has 0 unspecified atom stereocenters. The average molecular weight is 218 g/mol. The molecule has 0 fully saturated rings. The van der Waals surface area contributed by atoms with Crippen LogP contribution in [-0.4, -0.2) is 24.0 Å². The lowest BCUT2D eigenvalue weighted by molar-refractivity contribution is -0.118. The van der Waals surface area contributed by atoms with E-state index in [9.17, 15) is 4.79 Å². The molecule has 0 saturated heterocycles. The SMILES string of the molecule is CC(=O)NCCNc1nccc(C)c1C#N. The second kappa shape index (κ2) is 5.71. The Kier molecular flexibility index (Phi) is 4.28. The molecule has 0 saturated carbocycles. The van der Waals surface area contributed by atoms with Crippen molar-refractivity contribution >= 4 is 11.7 Å². The fraction of sp³-hybridized carbons (Fsp3) is 0.364. The van der Waals surface area contributed by atoms with Crippen LogP contribution in [0.1, 0.15) is 18.1 Å². The van der Waals surface area contributed by atoms with E-state index in [0.717, 1.165) is 5.56 Å². The molecule has 1 aromatic heterocycles. The molecule has 0 aromatic carbocycles. The van der Waals surface area contributed by atoms with Gasteiger partial charge < -0.3 is 10.6 Å². The summed E-state index contributed by atoms with van der Waals surface area (Å²) < 4.78 is 0. The molecule has 1 rings (SSSR count). The van der Waals surface area contributed by atoms with Gasteiger partial charge in [-0.05, 0) is 18.6 Å². The van der Waals surface area contributed by atoms with Gasteiger partial charge in [0.05, 0.1) is 5.56 Å². The predicted octanol–water partition coefficient (Wildman–Crippen LogP) is 0.810. The number of carbonyl (C=O) groups excluding carboxylic acids is 1. The summed E-state index contributed by atoms with van der Waals surface area (Å²) in [4.78, 5) is 14.7. The third kappa shape index (κ3) is 3.24. The van der Waals surface area contributed by atoms with Gasteiger partial charge in [0.2, 0.25) is 5.91 Å². The molecule has 0 spiro atoms. The Bertz CT molecular complexity index is 422. The van der Waals surface area contributed by atoms with Crippen molar-refractivity contribution in [2.75, 3.05) is 18.4 Å².